The van der Waals surface area contributed by atoms with Gasteiger partial charge >= 0.3 is 11.8 Å². The number of carbonyl (C=O) groups excluding carboxylic acids is 1. The fraction of sp³-hybridized carbons (Fsp3) is 0.385. The Morgan fingerprint density at radius 1 is 1.18 bits per heavy atom. The Labute approximate surface area is 232 Å². The maximum absolute atomic E-state index is 13.1. The van der Waals surface area contributed by atoms with Crippen LogP contribution in [0.2, 0.25) is 0 Å². The second-order valence-corrected chi connectivity index (χ2v) is 12.8. The molecular formula is C26H31N9O4S. The minimum atomic E-state index is -3.49. The summed E-state index contributed by atoms with van der Waals surface area (Å²) in [5, 5.41) is 18.1. The predicted octanol–water partition coefficient (Wildman–Crippen LogP) is 2.94. The zero-order valence-corrected chi connectivity index (χ0v) is 23.7. The Morgan fingerprint density at radius 3 is 2.65 bits per heavy atom. The van der Waals surface area contributed by atoms with Crippen molar-refractivity contribution in [2.45, 2.75) is 45.2 Å². The lowest BCUT2D eigenvalue weighted by Crippen LogP contribution is -2.32. The van der Waals surface area contributed by atoms with E-state index in [1.807, 2.05) is 52.2 Å². The molecule has 3 aromatic heterocycles. The number of nitrogens with zero attached hydrogens (tertiary/aromatic N) is 7. The van der Waals surface area contributed by atoms with E-state index in [1.54, 1.807) is 23.1 Å². The number of aromatic nitrogens is 6. The highest BCUT2D eigenvalue weighted by atomic mass is 32.2. The van der Waals surface area contributed by atoms with Gasteiger partial charge in [0, 0.05) is 43.5 Å². The molecule has 0 radical (unpaired) electrons. The number of fused-ring (bicyclic) bond motifs is 1. The van der Waals surface area contributed by atoms with Crippen LogP contribution < -0.4 is 10.6 Å². The van der Waals surface area contributed by atoms with Gasteiger partial charge < -0.3 is 15.1 Å². The lowest BCUT2D eigenvalue weighted by atomic mass is 9.96. The van der Waals surface area contributed by atoms with Crippen molar-refractivity contribution in [3.8, 4) is 11.3 Å². The van der Waals surface area contributed by atoms with Crippen LogP contribution in [0.15, 0.2) is 47.3 Å². The molecular weight excluding hydrogens is 534 g/mol. The lowest BCUT2D eigenvalue weighted by Gasteiger charge is -2.19. The topological polar surface area (TPSA) is 161 Å². The van der Waals surface area contributed by atoms with Gasteiger partial charge in [-0.25, -0.2) is 18.4 Å². The van der Waals surface area contributed by atoms with Crippen LogP contribution in [0.5, 0.6) is 0 Å². The normalized spacial score (nSPS) is 16.3. The van der Waals surface area contributed by atoms with Crippen molar-refractivity contribution in [3.05, 3.63) is 65.8 Å². The van der Waals surface area contributed by atoms with Gasteiger partial charge in [-0.2, -0.15) is 9.40 Å². The zero-order chi connectivity index (χ0) is 28.7. The van der Waals surface area contributed by atoms with Gasteiger partial charge in [0.15, 0.2) is 0 Å². The van der Waals surface area contributed by atoms with Crippen LogP contribution in [0.25, 0.3) is 11.3 Å². The van der Waals surface area contributed by atoms with Crippen molar-refractivity contribution < 1.29 is 17.6 Å². The van der Waals surface area contributed by atoms with E-state index in [0.717, 1.165) is 22.4 Å². The quantitative estimate of drug-likeness (QED) is 0.356. The highest BCUT2D eigenvalue weighted by Gasteiger charge is 2.30. The van der Waals surface area contributed by atoms with Crippen molar-refractivity contribution in [2.24, 2.45) is 7.05 Å². The first-order valence-corrected chi connectivity index (χ1v) is 14.5. The maximum Gasteiger partial charge on any atom is 0.309 e. The van der Waals surface area contributed by atoms with Crippen LogP contribution in [0.1, 0.15) is 60.9 Å². The molecule has 14 heteroatoms. The van der Waals surface area contributed by atoms with Crippen molar-refractivity contribution >= 4 is 27.6 Å². The standard InChI is InChI=1S/C26H31N9O4S/c1-26(2,3)24-33-32-23(39-24)22(36)30-21-9-11-35(40(5,37)38)14-17-12-16(6-7-19(17)21)20-8-10-27-25(31-20)29-18-13-28-34(4)15-18/h6-8,10,12-13,15,21H,9,11,14H2,1-5H3,(H,30,36)(H,27,29,31)/t21-/m0/s1. The van der Waals surface area contributed by atoms with E-state index < -0.39 is 27.4 Å². The lowest BCUT2D eigenvalue weighted by molar-refractivity contribution is 0.0896. The van der Waals surface area contributed by atoms with E-state index in [4.69, 9.17) is 4.42 Å². The molecule has 0 unspecified atom stereocenters. The van der Waals surface area contributed by atoms with Gasteiger partial charge in [0.2, 0.25) is 21.9 Å². The van der Waals surface area contributed by atoms with E-state index in [9.17, 15) is 13.2 Å². The van der Waals surface area contributed by atoms with E-state index in [1.165, 1.54) is 10.6 Å². The molecule has 0 aliphatic carbocycles. The first kappa shape index (κ1) is 27.4. The SMILES string of the molecule is Cn1cc(Nc2nccc(-c3ccc4c(c3)CN(S(C)(=O)=O)CC[C@@H]4NC(=O)c3nnc(C(C)(C)C)o3)n2)cn1. The van der Waals surface area contributed by atoms with Gasteiger partial charge in [-0.1, -0.05) is 32.9 Å². The van der Waals surface area contributed by atoms with Gasteiger partial charge in [-0.3, -0.25) is 9.48 Å². The monoisotopic (exact) mass is 565 g/mol. The van der Waals surface area contributed by atoms with Crippen LogP contribution in [-0.2, 0) is 29.0 Å². The second kappa shape index (κ2) is 10.4. The Hall–Kier alpha value is -4.17. The first-order valence-electron chi connectivity index (χ1n) is 12.7. The minimum Gasteiger partial charge on any atom is -0.416 e. The molecule has 2 N–H and O–H groups in total. The summed E-state index contributed by atoms with van der Waals surface area (Å²) in [6.07, 6.45) is 6.69. The number of amides is 1. The molecule has 40 heavy (non-hydrogen) atoms. The highest BCUT2D eigenvalue weighted by Crippen LogP contribution is 2.32. The molecule has 1 amide bonds. The molecule has 5 rings (SSSR count). The molecule has 0 bridgehead atoms. The van der Waals surface area contributed by atoms with Gasteiger partial charge in [0.05, 0.1) is 29.9 Å². The average Bonchev–Trinajstić information content (AvgIpc) is 3.50. The number of anilines is 2. The molecule has 210 valence electrons. The van der Waals surface area contributed by atoms with Crippen LogP contribution in [0.4, 0.5) is 11.6 Å². The smallest absolute Gasteiger partial charge is 0.309 e. The third-order valence-corrected chi connectivity index (χ3v) is 7.73. The number of benzene rings is 1. The van der Waals surface area contributed by atoms with E-state index in [-0.39, 0.29) is 19.0 Å². The Balaban J connectivity index is 1.45. The first-order chi connectivity index (χ1) is 18.9. The number of aryl methyl sites for hydroxylation is 1. The molecule has 0 spiro atoms. The molecule has 4 aromatic rings. The molecule has 4 heterocycles. The Bertz CT molecular complexity index is 1660. The molecule has 0 fully saturated rings. The zero-order valence-electron chi connectivity index (χ0n) is 22.9. The summed E-state index contributed by atoms with van der Waals surface area (Å²) in [7, 11) is -1.67. The minimum absolute atomic E-state index is 0.137. The van der Waals surface area contributed by atoms with Crippen LogP contribution in [-0.4, -0.2) is 61.4 Å². The number of nitrogens with one attached hydrogen (secondary N) is 2. The summed E-state index contributed by atoms with van der Waals surface area (Å²) in [6.45, 7) is 6.14. The van der Waals surface area contributed by atoms with Crippen molar-refractivity contribution in [1.29, 1.82) is 0 Å². The Morgan fingerprint density at radius 2 is 1.98 bits per heavy atom. The summed E-state index contributed by atoms with van der Waals surface area (Å²) < 4.78 is 33.8. The van der Waals surface area contributed by atoms with E-state index in [2.05, 4.69) is 35.9 Å². The predicted molar refractivity (Wildman–Crippen MR) is 147 cm³/mol. The molecule has 1 atom stereocenters. The number of carbonyl (C=O) groups is 1. The van der Waals surface area contributed by atoms with Crippen LogP contribution in [0.3, 0.4) is 0 Å². The van der Waals surface area contributed by atoms with Crippen molar-refractivity contribution in [3.63, 3.8) is 0 Å². The molecule has 1 aromatic carbocycles. The van der Waals surface area contributed by atoms with Gasteiger partial charge in [-0.15, -0.1) is 10.2 Å². The summed E-state index contributed by atoms with van der Waals surface area (Å²) >= 11 is 0. The second-order valence-electron chi connectivity index (χ2n) is 10.8. The molecule has 1 aliphatic heterocycles. The summed E-state index contributed by atoms with van der Waals surface area (Å²) in [5.74, 6) is 0.103. The third-order valence-electron chi connectivity index (χ3n) is 6.48. The fourth-order valence-electron chi connectivity index (χ4n) is 4.41. The summed E-state index contributed by atoms with van der Waals surface area (Å²) in [6, 6.07) is 7.00. The third kappa shape index (κ3) is 6.02. The molecule has 13 nitrogen and oxygen atoms in total. The fourth-order valence-corrected chi connectivity index (χ4v) is 5.22. The van der Waals surface area contributed by atoms with Crippen molar-refractivity contribution in [1.82, 2.24) is 39.6 Å². The van der Waals surface area contributed by atoms with Crippen LogP contribution >= 0.6 is 0 Å². The van der Waals surface area contributed by atoms with Gasteiger partial charge in [-0.05, 0) is 29.7 Å². The Kier molecular flexibility index (Phi) is 7.14. The average molecular weight is 566 g/mol. The van der Waals surface area contributed by atoms with Crippen LogP contribution in [0, 0.1) is 0 Å². The van der Waals surface area contributed by atoms with E-state index in [0.29, 0.717) is 24.0 Å². The number of sulfonamides is 1. The number of hydrogen-bond acceptors (Lipinski definition) is 10. The molecule has 1 aliphatic rings. The van der Waals surface area contributed by atoms with Gasteiger partial charge in [0.1, 0.15) is 0 Å². The molecule has 0 saturated carbocycles. The highest BCUT2D eigenvalue weighted by molar-refractivity contribution is 7.88. The van der Waals surface area contributed by atoms with Crippen molar-refractivity contribution in [2.75, 3.05) is 18.1 Å². The van der Waals surface area contributed by atoms with E-state index >= 15 is 0 Å². The largest absolute Gasteiger partial charge is 0.416 e. The number of rotatable bonds is 6. The summed E-state index contributed by atoms with van der Waals surface area (Å²) in [4.78, 5) is 22.0. The summed E-state index contributed by atoms with van der Waals surface area (Å²) in [5.41, 5.74) is 3.35. The molecule has 0 saturated heterocycles. The maximum atomic E-state index is 13.1. The van der Waals surface area contributed by atoms with Gasteiger partial charge in [0.25, 0.3) is 0 Å². The number of hydrogen-bond donors (Lipinski definition) is 2.